The number of rotatable bonds is 7. The number of ketones is 1. The number of allylic oxidation sites excluding steroid dienone is 3. The van der Waals surface area contributed by atoms with Gasteiger partial charge in [-0.05, 0) is 68.7 Å². The number of ether oxygens (including phenoxy) is 3. The first-order chi connectivity index (χ1) is 16.4. The van der Waals surface area contributed by atoms with Crippen molar-refractivity contribution >= 4 is 23.4 Å². The maximum Gasteiger partial charge on any atom is 0.336 e. The third-order valence-corrected chi connectivity index (χ3v) is 6.37. The summed E-state index contributed by atoms with van der Waals surface area (Å²) in [5, 5.41) is 3.94. The largest absolute Gasteiger partial charge is 0.496 e. The van der Waals surface area contributed by atoms with Crippen LogP contribution in [0.3, 0.4) is 0 Å². The van der Waals surface area contributed by atoms with Gasteiger partial charge < -0.3 is 19.5 Å². The molecule has 1 heterocycles. The summed E-state index contributed by atoms with van der Waals surface area (Å²) >= 11 is 5.97. The van der Waals surface area contributed by atoms with Crippen molar-refractivity contribution in [2.45, 2.75) is 45.6 Å². The van der Waals surface area contributed by atoms with Crippen molar-refractivity contribution in [1.29, 1.82) is 0 Å². The molecule has 178 valence electrons. The molecule has 0 spiro atoms. The molecule has 0 saturated heterocycles. The van der Waals surface area contributed by atoms with Crippen LogP contribution in [0, 0.1) is 0 Å². The molecule has 0 bridgehead atoms. The van der Waals surface area contributed by atoms with Gasteiger partial charge in [-0.1, -0.05) is 17.7 Å². The van der Waals surface area contributed by atoms with E-state index in [0.29, 0.717) is 39.8 Å². The molecule has 1 aliphatic heterocycles. The molecule has 7 heteroatoms. The van der Waals surface area contributed by atoms with Crippen molar-refractivity contribution in [3.63, 3.8) is 0 Å². The Bertz CT molecular complexity index is 1170. The summed E-state index contributed by atoms with van der Waals surface area (Å²) in [4.78, 5) is 26.1. The smallest absolute Gasteiger partial charge is 0.336 e. The van der Waals surface area contributed by atoms with Gasteiger partial charge in [-0.3, -0.25) is 4.79 Å². The lowest BCUT2D eigenvalue weighted by atomic mass is 9.75. The Hall–Kier alpha value is -3.25. The van der Waals surface area contributed by atoms with Gasteiger partial charge in [0.05, 0.1) is 19.3 Å². The summed E-state index contributed by atoms with van der Waals surface area (Å²) in [6.07, 6.45) is 2.03. The second-order valence-corrected chi connectivity index (χ2v) is 8.74. The van der Waals surface area contributed by atoms with E-state index in [4.69, 9.17) is 25.8 Å². The number of nitrogens with one attached hydrogen (secondary N) is 1. The highest BCUT2D eigenvalue weighted by molar-refractivity contribution is 6.30. The summed E-state index contributed by atoms with van der Waals surface area (Å²) in [5.74, 6) is 0.465. The number of benzene rings is 2. The molecule has 34 heavy (non-hydrogen) atoms. The molecule has 1 atom stereocenters. The van der Waals surface area contributed by atoms with Crippen molar-refractivity contribution in [1.82, 2.24) is 5.32 Å². The van der Waals surface area contributed by atoms with Crippen LogP contribution in [-0.4, -0.2) is 25.5 Å². The summed E-state index contributed by atoms with van der Waals surface area (Å²) in [6.45, 7) is 4.14. The minimum atomic E-state index is -0.511. The van der Waals surface area contributed by atoms with Gasteiger partial charge in [-0.2, -0.15) is 0 Å². The molecule has 1 aliphatic carbocycles. The number of esters is 1. The second-order valence-electron chi connectivity index (χ2n) is 8.30. The van der Waals surface area contributed by atoms with E-state index in [9.17, 15) is 9.59 Å². The zero-order valence-electron chi connectivity index (χ0n) is 19.6. The minimum Gasteiger partial charge on any atom is -0.496 e. The first kappa shape index (κ1) is 23.9. The summed E-state index contributed by atoms with van der Waals surface area (Å²) in [7, 11) is 1.60. The summed E-state index contributed by atoms with van der Waals surface area (Å²) in [6, 6.07) is 12.8. The van der Waals surface area contributed by atoms with Gasteiger partial charge in [0.15, 0.2) is 5.78 Å². The molecule has 0 amide bonds. The Labute approximate surface area is 204 Å². The lowest BCUT2D eigenvalue weighted by Gasteiger charge is -2.34. The third kappa shape index (κ3) is 4.82. The van der Waals surface area contributed by atoms with Crippen LogP contribution in [0.25, 0.3) is 0 Å². The molecule has 1 unspecified atom stereocenters. The molecule has 1 N–H and O–H groups in total. The molecule has 2 aromatic carbocycles. The van der Waals surface area contributed by atoms with E-state index in [-0.39, 0.29) is 19.0 Å². The van der Waals surface area contributed by atoms with E-state index in [0.717, 1.165) is 29.7 Å². The fourth-order valence-corrected chi connectivity index (χ4v) is 4.70. The minimum absolute atomic E-state index is 0.0582. The lowest BCUT2D eigenvalue weighted by molar-refractivity contribution is -0.138. The maximum absolute atomic E-state index is 13.1. The van der Waals surface area contributed by atoms with E-state index >= 15 is 0 Å². The van der Waals surface area contributed by atoms with Crippen LogP contribution in [0.5, 0.6) is 11.5 Å². The molecular formula is C27H28ClNO5. The average Bonchev–Trinajstić information content (AvgIpc) is 2.83. The zero-order chi connectivity index (χ0) is 24.2. The zero-order valence-corrected chi connectivity index (χ0v) is 20.3. The maximum atomic E-state index is 13.1. The molecule has 0 radical (unpaired) electrons. The molecule has 0 aromatic heterocycles. The van der Waals surface area contributed by atoms with Crippen molar-refractivity contribution in [3.8, 4) is 11.5 Å². The summed E-state index contributed by atoms with van der Waals surface area (Å²) in [5.41, 5.74) is 4.34. The molecule has 4 rings (SSSR count). The van der Waals surface area contributed by atoms with E-state index < -0.39 is 11.9 Å². The molecule has 6 nitrogen and oxygen atoms in total. The van der Waals surface area contributed by atoms with Crippen LogP contribution in [0.4, 0.5) is 0 Å². The third-order valence-electron chi connectivity index (χ3n) is 6.12. The van der Waals surface area contributed by atoms with Gasteiger partial charge >= 0.3 is 5.97 Å². The van der Waals surface area contributed by atoms with Crippen LogP contribution in [0.2, 0.25) is 5.02 Å². The fraction of sp³-hybridized carbons (Fsp3) is 0.333. The highest BCUT2D eigenvalue weighted by Crippen LogP contribution is 2.43. The predicted molar refractivity (Wildman–Crippen MR) is 130 cm³/mol. The Morgan fingerprint density at radius 3 is 2.62 bits per heavy atom. The van der Waals surface area contributed by atoms with Gasteiger partial charge in [0.1, 0.15) is 18.1 Å². The Kier molecular flexibility index (Phi) is 7.27. The quantitative estimate of drug-likeness (QED) is 0.529. The first-order valence-electron chi connectivity index (χ1n) is 11.4. The number of Topliss-reactive ketones (excluding diaryl/α,β-unsaturated/α-hetero) is 1. The normalized spacial score (nSPS) is 17.8. The van der Waals surface area contributed by atoms with Crippen LogP contribution >= 0.6 is 11.6 Å². The number of hydrogen-bond donors (Lipinski definition) is 1. The Balaban J connectivity index is 1.75. The van der Waals surface area contributed by atoms with Crippen molar-refractivity contribution in [2.75, 3.05) is 13.7 Å². The van der Waals surface area contributed by atoms with E-state index in [1.807, 2.05) is 25.1 Å². The van der Waals surface area contributed by atoms with Crippen LogP contribution in [0.1, 0.15) is 50.2 Å². The van der Waals surface area contributed by atoms with E-state index in [1.165, 1.54) is 0 Å². The standard InChI is InChI=1S/C27H28ClNO5/c1-4-33-27(31)24-16(2)29-21-6-5-7-22(30)26(21)25(24)17-8-13-23(32-3)18(14-17)15-34-20-11-9-19(28)10-12-20/h8-14,25,29H,4-7,15H2,1-3H3. The SMILES string of the molecule is CCOC(=O)C1=C(C)NC2=C(C(=O)CCC2)C1c1ccc(OC)c(COc2ccc(Cl)cc2)c1. The number of halogens is 1. The van der Waals surface area contributed by atoms with Crippen molar-refractivity contribution in [3.05, 3.63) is 81.2 Å². The van der Waals surface area contributed by atoms with Crippen LogP contribution < -0.4 is 14.8 Å². The van der Waals surface area contributed by atoms with E-state index in [1.54, 1.807) is 38.3 Å². The lowest BCUT2D eigenvalue weighted by Crippen LogP contribution is -2.34. The number of hydrogen-bond acceptors (Lipinski definition) is 6. The van der Waals surface area contributed by atoms with Crippen molar-refractivity contribution < 1.29 is 23.8 Å². The van der Waals surface area contributed by atoms with Gasteiger partial charge in [0.2, 0.25) is 0 Å². The van der Waals surface area contributed by atoms with Gasteiger partial charge in [0.25, 0.3) is 0 Å². The number of methoxy groups -OCH3 is 1. The molecule has 0 saturated carbocycles. The molecule has 2 aliphatic rings. The Morgan fingerprint density at radius 1 is 1.15 bits per heavy atom. The molecule has 0 fully saturated rings. The monoisotopic (exact) mass is 481 g/mol. The highest BCUT2D eigenvalue weighted by atomic mass is 35.5. The first-order valence-corrected chi connectivity index (χ1v) is 11.8. The topological polar surface area (TPSA) is 73.9 Å². The average molecular weight is 482 g/mol. The summed E-state index contributed by atoms with van der Waals surface area (Å²) < 4.78 is 16.9. The van der Waals surface area contributed by atoms with Crippen molar-refractivity contribution in [2.24, 2.45) is 0 Å². The van der Waals surface area contributed by atoms with Crippen LogP contribution in [-0.2, 0) is 20.9 Å². The van der Waals surface area contributed by atoms with E-state index in [2.05, 4.69) is 5.32 Å². The number of carbonyl (C=O) groups is 2. The number of dihydropyridines is 1. The molecule has 2 aromatic rings. The highest BCUT2D eigenvalue weighted by Gasteiger charge is 2.39. The second kappa shape index (κ2) is 10.3. The van der Waals surface area contributed by atoms with Gasteiger partial charge in [0, 0.05) is 39.9 Å². The number of carbonyl (C=O) groups excluding carboxylic acids is 2. The Morgan fingerprint density at radius 2 is 1.91 bits per heavy atom. The van der Waals surface area contributed by atoms with Crippen LogP contribution in [0.15, 0.2) is 65.0 Å². The van der Waals surface area contributed by atoms with Gasteiger partial charge in [-0.25, -0.2) is 4.79 Å². The molecular weight excluding hydrogens is 454 g/mol. The van der Waals surface area contributed by atoms with Gasteiger partial charge in [-0.15, -0.1) is 0 Å². The fourth-order valence-electron chi connectivity index (χ4n) is 4.58. The predicted octanol–water partition coefficient (Wildman–Crippen LogP) is 5.46.